The highest BCUT2D eigenvalue weighted by atomic mass is 19.4. The molecule has 0 bridgehead atoms. The Bertz CT molecular complexity index is 537. The van der Waals surface area contributed by atoms with Crippen LogP contribution in [-0.4, -0.2) is 61.0 Å². The molecule has 0 saturated carbocycles. The predicted octanol–water partition coefficient (Wildman–Crippen LogP) is 6.73. The molecule has 0 amide bonds. The first-order chi connectivity index (χ1) is 12.6. The van der Waals surface area contributed by atoms with Crippen LogP contribution in [-0.2, 0) is 0 Å². The standard InChI is InChI=1S/C15H21F13N/c1-4-5-6-7-8-9-29(2,3)15(27,28)13(22,23)11(18,19)10(16,17)12(20,21)14(24,25)26/h4-9H2,1-3H3/q+1. The van der Waals surface area contributed by atoms with Gasteiger partial charge in [-0.25, -0.2) is 0 Å². The number of halogens is 13. The van der Waals surface area contributed by atoms with Crippen LogP contribution in [0.1, 0.15) is 39.0 Å². The Balaban J connectivity index is 5.97. The Kier molecular flexibility index (Phi) is 8.02. The van der Waals surface area contributed by atoms with E-state index in [1.807, 2.05) is 0 Å². The Labute approximate surface area is 158 Å². The molecule has 0 aliphatic rings. The molecular formula is C15H21F13N+. The third-order valence-electron chi connectivity index (χ3n) is 4.50. The van der Waals surface area contributed by atoms with E-state index >= 15 is 0 Å². The van der Waals surface area contributed by atoms with E-state index in [-0.39, 0.29) is 26.9 Å². The zero-order valence-corrected chi connectivity index (χ0v) is 15.6. The van der Waals surface area contributed by atoms with E-state index in [0.717, 1.165) is 0 Å². The molecule has 0 saturated heterocycles. The first kappa shape index (κ1) is 28.1. The van der Waals surface area contributed by atoms with Crippen molar-refractivity contribution in [2.45, 2.75) is 74.9 Å². The highest BCUT2D eigenvalue weighted by Gasteiger charge is 2.93. The van der Waals surface area contributed by atoms with Gasteiger partial charge in [0.1, 0.15) is 0 Å². The van der Waals surface area contributed by atoms with Crippen LogP contribution in [0.25, 0.3) is 0 Å². The van der Waals surface area contributed by atoms with Gasteiger partial charge in [0, 0.05) is 0 Å². The Morgan fingerprint density at radius 2 is 0.897 bits per heavy atom. The van der Waals surface area contributed by atoms with Gasteiger partial charge in [0.2, 0.25) is 0 Å². The lowest BCUT2D eigenvalue weighted by atomic mass is 9.95. The third kappa shape index (κ3) is 4.55. The van der Waals surface area contributed by atoms with E-state index in [4.69, 9.17) is 0 Å². The molecular weight excluding hydrogens is 441 g/mol. The van der Waals surface area contributed by atoms with Crippen LogP contribution in [0.5, 0.6) is 0 Å². The summed E-state index contributed by atoms with van der Waals surface area (Å²) in [5.74, 6) is -30.5. The van der Waals surface area contributed by atoms with Crippen molar-refractivity contribution in [3.63, 3.8) is 0 Å². The molecule has 0 rings (SSSR count). The second-order valence-electron chi connectivity index (χ2n) is 7.16. The maximum absolute atomic E-state index is 14.1. The quantitative estimate of drug-likeness (QED) is 0.138. The van der Waals surface area contributed by atoms with Gasteiger partial charge in [0.05, 0.1) is 20.6 Å². The summed E-state index contributed by atoms with van der Waals surface area (Å²) >= 11 is 0. The Hall–Kier alpha value is -0.950. The molecule has 176 valence electrons. The maximum atomic E-state index is 14.1. The molecule has 29 heavy (non-hydrogen) atoms. The minimum Gasteiger partial charge on any atom is -0.262 e. The number of hydrogen-bond acceptors (Lipinski definition) is 0. The van der Waals surface area contributed by atoms with Crippen LogP contribution >= 0.6 is 0 Å². The molecule has 0 aromatic rings. The van der Waals surface area contributed by atoms with E-state index < -0.39 is 46.9 Å². The van der Waals surface area contributed by atoms with Crippen LogP contribution in [0.15, 0.2) is 0 Å². The van der Waals surface area contributed by atoms with E-state index in [1.54, 1.807) is 6.92 Å². The van der Waals surface area contributed by atoms with Crippen LogP contribution in [0.4, 0.5) is 57.1 Å². The van der Waals surface area contributed by atoms with Crippen LogP contribution in [0, 0.1) is 0 Å². The Morgan fingerprint density at radius 1 is 0.517 bits per heavy atom. The van der Waals surface area contributed by atoms with Gasteiger partial charge in [-0.15, -0.1) is 8.78 Å². The summed E-state index contributed by atoms with van der Waals surface area (Å²) in [5, 5.41) is 0. The molecule has 0 heterocycles. The number of nitrogens with zero attached hydrogens (tertiary/aromatic N) is 1. The van der Waals surface area contributed by atoms with Crippen molar-refractivity contribution < 1.29 is 61.6 Å². The Morgan fingerprint density at radius 3 is 1.28 bits per heavy atom. The van der Waals surface area contributed by atoms with Crippen molar-refractivity contribution in [1.29, 1.82) is 0 Å². The molecule has 0 fully saturated rings. The molecule has 0 atom stereocenters. The van der Waals surface area contributed by atoms with E-state index in [0.29, 0.717) is 19.3 Å². The van der Waals surface area contributed by atoms with Crippen LogP contribution in [0.2, 0.25) is 0 Å². The largest absolute Gasteiger partial charge is 0.461 e. The second kappa shape index (κ2) is 8.29. The van der Waals surface area contributed by atoms with Crippen molar-refractivity contribution in [3.05, 3.63) is 0 Å². The summed E-state index contributed by atoms with van der Waals surface area (Å²) in [7, 11) is 0.508. The number of unbranched alkanes of at least 4 members (excludes halogenated alkanes) is 4. The van der Waals surface area contributed by atoms with Gasteiger partial charge in [0.25, 0.3) is 0 Å². The smallest absolute Gasteiger partial charge is 0.262 e. The molecule has 0 aromatic carbocycles. The monoisotopic (exact) mass is 462 g/mol. The maximum Gasteiger partial charge on any atom is 0.461 e. The van der Waals surface area contributed by atoms with Gasteiger partial charge >= 0.3 is 35.9 Å². The predicted molar refractivity (Wildman–Crippen MR) is 76.5 cm³/mol. The lowest BCUT2D eigenvalue weighted by molar-refractivity contribution is -0.991. The number of hydrogen-bond donors (Lipinski definition) is 0. The highest BCUT2D eigenvalue weighted by molar-refractivity contribution is 5.08. The van der Waals surface area contributed by atoms with Crippen molar-refractivity contribution in [1.82, 2.24) is 0 Å². The third-order valence-corrected chi connectivity index (χ3v) is 4.50. The molecule has 0 radical (unpaired) electrons. The summed E-state index contributed by atoms with van der Waals surface area (Å²) in [5.41, 5.74) is 0. The average Bonchev–Trinajstić information content (AvgIpc) is 2.52. The number of rotatable bonds is 11. The zero-order chi connectivity index (χ0) is 23.7. The van der Waals surface area contributed by atoms with Crippen molar-refractivity contribution in [3.8, 4) is 0 Å². The molecule has 0 aliphatic heterocycles. The van der Waals surface area contributed by atoms with Crippen molar-refractivity contribution >= 4 is 0 Å². The summed E-state index contributed by atoms with van der Waals surface area (Å²) in [6.45, 7) is 0.831. The first-order valence-electron chi connectivity index (χ1n) is 8.35. The fraction of sp³-hybridized carbons (Fsp3) is 1.00. The van der Waals surface area contributed by atoms with Crippen LogP contribution in [0.3, 0.4) is 0 Å². The minimum absolute atomic E-state index is 0.190. The molecule has 1 nitrogen and oxygen atoms in total. The molecule has 0 unspecified atom stereocenters. The zero-order valence-electron chi connectivity index (χ0n) is 15.6. The normalized spacial score (nSPS) is 15.7. The fourth-order valence-corrected chi connectivity index (χ4v) is 2.39. The number of quaternary nitrogens is 1. The van der Waals surface area contributed by atoms with Gasteiger partial charge in [-0.3, -0.25) is 4.48 Å². The van der Waals surface area contributed by atoms with E-state index in [9.17, 15) is 57.1 Å². The summed E-state index contributed by atoms with van der Waals surface area (Å²) in [6, 6.07) is -6.10. The van der Waals surface area contributed by atoms with Gasteiger partial charge in [-0.1, -0.05) is 26.2 Å². The van der Waals surface area contributed by atoms with E-state index in [1.165, 1.54) is 0 Å². The lowest BCUT2D eigenvalue weighted by Gasteiger charge is -2.44. The average molecular weight is 462 g/mol. The highest BCUT2D eigenvalue weighted by Crippen LogP contribution is 2.61. The fourth-order valence-electron chi connectivity index (χ4n) is 2.39. The topological polar surface area (TPSA) is 0 Å². The molecule has 14 heteroatoms. The summed E-state index contributed by atoms with van der Waals surface area (Å²) < 4.78 is 169. The molecule has 0 N–H and O–H groups in total. The summed E-state index contributed by atoms with van der Waals surface area (Å²) in [4.78, 5) is 0. The van der Waals surface area contributed by atoms with Gasteiger partial charge in [0.15, 0.2) is 0 Å². The van der Waals surface area contributed by atoms with E-state index in [2.05, 4.69) is 0 Å². The molecule has 0 spiro atoms. The second-order valence-corrected chi connectivity index (χ2v) is 7.16. The lowest BCUT2D eigenvalue weighted by Crippen LogP contribution is -2.75. The van der Waals surface area contributed by atoms with Gasteiger partial charge in [-0.05, 0) is 12.8 Å². The first-order valence-corrected chi connectivity index (χ1v) is 8.35. The van der Waals surface area contributed by atoms with Gasteiger partial charge < -0.3 is 0 Å². The van der Waals surface area contributed by atoms with Crippen molar-refractivity contribution in [2.24, 2.45) is 0 Å². The minimum atomic E-state index is -7.85. The summed E-state index contributed by atoms with van der Waals surface area (Å²) in [6.07, 6.45) is -5.63. The molecule has 0 aromatic heterocycles. The number of alkyl halides is 13. The molecule has 0 aliphatic carbocycles. The van der Waals surface area contributed by atoms with Crippen molar-refractivity contribution in [2.75, 3.05) is 20.6 Å². The van der Waals surface area contributed by atoms with Gasteiger partial charge in [-0.2, -0.15) is 48.3 Å². The van der Waals surface area contributed by atoms with Crippen LogP contribution < -0.4 is 0 Å². The SMILES string of the molecule is CCCCCCC[N+](C)(C)C(F)(F)C(F)(F)C(F)(F)C(F)(F)C(F)(F)C(F)(F)F.